The Labute approximate surface area is 213 Å². The lowest BCUT2D eigenvalue weighted by atomic mass is 10.1. The summed E-state index contributed by atoms with van der Waals surface area (Å²) in [7, 11) is -0.733. The largest absolute Gasteiger partial charge is 0.495 e. The van der Waals surface area contributed by atoms with E-state index in [9.17, 15) is 17.6 Å². The molecule has 0 aliphatic rings. The van der Waals surface area contributed by atoms with Gasteiger partial charge in [0, 0.05) is 36.6 Å². The number of carbonyl (C=O) groups is 1. The second-order valence-electron chi connectivity index (χ2n) is 8.06. The summed E-state index contributed by atoms with van der Waals surface area (Å²) in [4.78, 5) is 12.2. The normalized spacial score (nSPS) is 11.3. The number of ether oxygens (including phenoxy) is 2. The number of nitrogens with zero attached hydrogens (tertiary/aromatic N) is 1. The lowest BCUT2D eigenvalue weighted by Gasteiger charge is -2.22. The fraction of sp³-hybridized carbons (Fsp3) is 0.192. The number of anilines is 3. The fourth-order valence-corrected chi connectivity index (χ4v) is 4.84. The van der Waals surface area contributed by atoms with Crippen molar-refractivity contribution in [1.29, 1.82) is 0 Å². The van der Waals surface area contributed by atoms with E-state index in [0.717, 1.165) is 11.9 Å². The number of hydrogen-bond acceptors (Lipinski definition) is 7. The molecule has 0 fully saturated rings. The summed E-state index contributed by atoms with van der Waals surface area (Å²) in [5.74, 6) is 0.370. The summed E-state index contributed by atoms with van der Waals surface area (Å²) in [6, 6.07) is 16.2. The van der Waals surface area contributed by atoms with Gasteiger partial charge in [-0.15, -0.1) is 0 Å². The number of hydrogen-bond donors (Lipinski definition) is 2. The summed E-state index contributed by atoms with van der Waals surface area (Å²) < 4.78 is 56.2. The lowest BCUT2D eigenvalue weighted by Crippen LogP contribution is -2.29. The maximum atomic E-state index is 13.2. The van der Waals surface area contributed by atoms with E-state index in [1.54, 1.807) is 55.5 Å². The van der Waals surface area contributed by atoms with E-state index in [1.165, 1.54) is 30.6 Å². The second-order valence-corrected chi connectivity index (χ2v) is 9.96. The standard InChI is InChI=1S/C26H26FN3O6S/c1-5-30(37(4,32)33)21-15-22-20(14-23(21)34-3)25(36-26(31)28-2)24(35-22)16-6-10-18(11-7-16)29-19-12-8-17(27)9-13-19/h6-15,29H,5H2,1-4H3,(H,28,31). The van der Waals surface area contributed by atoms with Gasteiger partial charge in [0.2, 0.25) is 10.0 Å². The quantitative estimate of drug-likeness (QED) is 0.312. The van der Waals surface area contributed by atoms with Crippen molar-refractivity contribution in [2.75, 3.05) is 36.6 Å². The number of carbonyl (C=O) groups excluding carboxylic acids is 1. The number of nitrogens with one attached hydrogen (secondary N) is 2. The van der Waals surface area contributed by atoms with E-state index in [4.69, 9.17) is 13.9 Å². The summed E-state index contributed by atoms with van der Waals surface area (Å²) >= 11 is 0. The maximum absolute atomic E-state index is 13.2. The Morgan fingerprint density at radius 3 is 2.22 bits per heavy atom. The predicted octanol–water partition coefficient (Wildman–Crippen LogP) is 5.50. The lowest BCUT2D eigenvalue weighted by molar-refractivity contribution is 0.203. The number of rotatable bonds is 8. The van der Waals surface area contributed by atoms with Crippen molar-refractivity contribution >= 4 is 44.1 Å². The van der Waals surface area contributed by atoms with E-state index in [2.05, 4.69) is 10.6 Å². The SMILES string of the molecule is CCN(c1cc2oc(-c3ccc(Nc4ccc(F)cc4)cc3)c(OC(=O)NC)c2cc1OC)S(C)(=O)=O. The van der Waals surface area contributed by atoms with Crippen LogP contribution in [0.15, 0.2) is 65.1 Å². The van der Waals surface area contributed by atoms with E-state index in [0.29, 0.717) is 27.9 Å². The average Bonchev–Trinajstić information content (AvgIpc) is 3.21. The first-order valence-electron chi connectivity index (χ1n) is 11.3. The second kappa shape index (κ2) is 10.4. The van der Waals surface area contributed by atoms with Gasteiger partial charge in [0.25, 0.3) is 0 Å². The minimum atomic E-state index is -3.59. The van der Waals surface area contributed by atoms with Crippen LogP contribution in [-0.4, -0.2) is 41.5 Å². The van der Waals surface area contributed by atoms with Gasteiger partial charge in [-0.3, -0.25) is 4.31 Å². The predicted molar refractivity (Wildman–Crippen MR) is 141 cm³/mol. The smallest absolute Gasteiger partial charge is 0.412 e. The van der Waals surface area contributed by atoms with Crippen molar-refractivity contribution in [2.45, 2.75) is 6.92 Å². The fourth-order valence-electron chi connectivity index (χ4n) is 3.87. The van der Waals surface area contributed by atoms with Crippen molar-refractivity contribution in [2.24, 2.45) is 0 Å². The van der Waals surface area contributed by atoms with Gasteiger partial charge in [0.05, 0.1) is 24.4 Å². The number of benzene rings is 3. The highest BCUT2D eigenvalue weighted by molar-refractivity contribution is 7.92. The summed E-state index contributed by atoms with van der Waals surface area (Å²) in [6.45, 7) is 1.89. The summed E-state index contributed by atoms with van der Waals surface area (Å²) in [6.07, 6.45) is 0.405. The monoisotopic (exact) mass is 527 g/mol. The van der Waals surface area contributed by atoms with Crippen LogP contribution in [-0.2, 0) is 10.0 Å². The minimum Gasteiger partial charge on any atom is -0.495 e. The third kappa shape index (κ3) is 5.46. The number of fused-ring (bicyclic) bond motifs is 1. The van der Waals surface area contributed by atoms with Crippen LogP contribution in [0.3, 0.4) is 0 Å². The van der Waals surface area contributed by atoms with Gasteiger partial charge in [0.1, 0.15) is 17.1 Å². The number of halogens is 1. The Morgan fingerprint density at radius 1 is 1.05 bits per heavy atom. The molecule has 3 aromatic carbocycles. The number of amides is 1. The van der Waals surface area contributed by atoms with Gasteiger partial charge in [0.15, 0.2) is 11.5 Å². The van der Waals surface area contributed by atoms with Crippen molar-refractivity contribution in [1.82, 2.24) is 5.32 Å². The zero-order valence-corrected chi connectivity index (χ0v) is 21.5. The Kier molecular flexibility index (Phi) is 7.25. The Morgan fingerprint density at radius 2 is 1.68 bits per heavy atom. The first kappa shape index (κ1) is 25.8. The molecule has 4 rings (SSSR count). The molecule has 1 aromatic heterocycles. The van der Waals surface area contributed by atoms with Crippen LogP contribution >= 0.6 is 0 Å². The van der Waals surface area contributed by atoms with Gasteiger partial charge in [-0.05, 0) is 61.5 Å². The minimum absolute atomic E-state index is 0.154. The van der Waals surface area contributed by atoms with Crippen LogP contribution in [0.5, 0.6) is 11.5 Å². The van der Waals surface area contributed by atoms with Crippen LogP contribution in [0.4, 0.5) is 26.2 Å². The molecule has 0 atom stereocenters. The van der Waals surface area contributed by atoms with E-state index in [1.807, 2.05) is 0 Å². The molecule has 0 radical (unpaired) electrons. The first-order valence-corrected chi connectivity index (χ1v) is 13.1. The number of methoxy groups -OCH3 is 1. The van der Waals surface area contributed by atoms with Crippen LogP contribution in [0.25, 0.3) is 22.3 Å². The van der Waals surface area contributed by atoms with Crippen LogP contribution in [0.1, 0.15) is 6.92 Å². The van der Waals surface area contributed by atoms with Crippen molar-refractivity contribution < 1.29 is 31.5 Å². The van der Waals surface area contributed by atoms with Crippen LogP contribution in [0, 0.1) is 5.82 Å². The van der Waals surface area contributed by atoms with Gasteiger partial charge in [-0.2, -0.15) is 0 Å². The number of sulfonamides is 1. The van der Waals surface area contributed by atoms with E-state index < -0.39 is 16.1 Å². The molecule has 2 N–H and O–H groups in total. The highest BCUT2D eigenvalue weighted by Crippen LogP contribution is 2.45. The molecule has 0 aliphatic heterocycles. The Balaban J connectivity index is 1.80. The molecule has 0 saturated carbocycles. The van der Waals surface area contributed by atoms with Gasteiger partial charge < -0.3 is 24.5 Å². The summed E-state index contributed by atoms with van der Waals surface area (Å²) in [5, 5.41) is 6.02. The van der Waals surface area contributed by atoms with Crippen molar-refractivity contribution in [3.63, 3.8) is 0 Å². The molecule has 11 heteroatoms. The summed E-state index contributed by atoms with van der Waals surface area (Å²) in [5.41, 5.74) is 2.67. The molecular weight excluding hydrogens is 501 g/mol. The Hall–Kier alpha value is -4.25. The topological polar surface area (TPSA) is 110 Å². The van der Waals surface area contributed by atoms with Crippen LogP contribution in [0.2, 0.25) is 0 Å². The van der Waals surface area contributed by atoms with Crippen LogP contribution < -0.4 is 24.4 Å². The van der Waals surface area contributed by atoms with Gasteiger partial charge >= 0.3 is 6.09 Å². The molecule has 0 saturated heterocycles. The zero-order chi connectivity index (χ0) is 26.7. The molecular formula is C26H26FN3O6S. The average molecular weight is 528 g/mol. The van der Waals surface area contributed by atoms with Crippen molar-refractivity contribution in [3.05, 3.63) is 66.5 Å². The first-order chi connectivity index (χ1) is 17.6. The van der Waals surface area contributed by atoms with E-state index in [-0.39, 0.29) is 29.6 Å². The molecule has 0 unspecified atom stereocenters. The Bertz CT molecular complexity index is 1530. The zero-order valence-electron chi connectivity index (χ0n) is 20.7. The highest BCUT2D eigenvalue weighted by atomic mass is 32.2. The van der Waals surface area contributed by atoms with E-state index >= 15 is 0 Å². The molecule has 37 heavy (non-hydrogen) atoms. The number of furan rings is 1. The van der Waals surface area contributed by atoms with Gasteiger partial charge in [-0.1, -0.05) is 0 Å². The molecule has 194 valence electrons. The molecule has 1 heterocycles. The third-order valence-electron chi connectivity index (χ3n) is 5.58. The molecule has 0 aliphatic carbocycles. The molecule has 1 amide bonds. The highest BCUT2D eigenvalue weighted by Gasteiger charge is 2.26. The maximum Gasteiger partial charge on any atom is 0.412 e. The molecule has 0 spiro atoms. The van der Waals surface area contributed by atoms with Gasteiger partial charge in [-0.25, -0.2) is 17.6 Å². The molecule has 9 nitrogen and oxygen atoms in total. The molecule has 4 aromatic rings. The molecule has 0 bridgehead atoms. The van der Waals surface area contributed by atoms with Crippen molar-refractivity contribution in [3.8, 4) is 22.8 Å². The third-order valence-corrected chi connectivity index (χ3v) is 6.83.